The van der Waals surface area contributed by atoms with Crippen LogP contribution in [0, 0.1) is 35.1 Å². The molecule has 0 fully saturated rings. The Morgan fingerprint density at radius 1 is 0.625 bits per heavy atom. The predicted molar refractivity (Wildman–Crippen MR) is 243 cm³/mol. The van der Waals surface area contributed by atoms with Gasteiger partial charge in [-0.2, -0.15) is 10.2 Å². The number of aromatic amines is 2. The first kappa shape index (κ1) is 44.6. The summed E-state index contributed by atoms with van der Waals surface area (Å²) in [4.78, 5) is 8.88. The van der Waals surface area contributed by atoms with E-state index in [1.807, 2.05) is 70.2 Å². The van der Waals surface area contributed by atoms with Gasteiger partial charge in [-0.05, 0) is 125 Å². The second-order valence-corrected chi connectivity index (χ2v) is 16.2. The molecule has 8 rings (SSSR count). The lowest BCUT2D eigenvalue weighted by molar-refractivity contribution is 0.416. The fourth-order valence-corrected chi connectivity index (χ4v) is 6.59. The molecule has 16 heteroatoms. The maximum atomic E-state index is 14.0. The number of fused-ring (bicyclic) bond motifs is 2. The van der Waals surface area contributed by atoms with Crippen molar-refractivity contribution in [2.45, 2.75) is 51.6 Å². The number of rotatable bonds is 11. The second-order valence-electron chi connectivity index (χ2n) is 16.2. The monoisotopic (exact) mass is 870 g/mol. The van der Waals surface area contributed by atoms with E-state index < -0.39 is 28.8 Å². The number of ether oxygens (including phenoxy) is 2. The third kappa shape index (κ3) is 10.8. The standard InChI is InChI=1S/C24H25F2N5O.C24H21F2N5O/c2*1-24(2,27)11-10-14-4-8-20(32-3)17(12-14)22-16-6-9-21(29-23(16)31-30-22)28-19-7-5-15(25)13-18(19)26/h4-9,12-13H,10-11,27H2,1-3H3,(H2,28,29,30,31);4-9,12-13H,27H2,1-3H3,(H2,28,29,30,31). The van der Waals surface area contributed by atoms with Crippen molar-refractivity contribution in [3.05, 3.63) is 131 Å². The lowest BCUT2D eigenvalue weighted by Crippen LogP contribution is -2.32. The van der Waals surface area contributed by atoms with Gasteiger partial charge in [-0.25, -0.2) is 27.5 Å². The van der Waals surface area contributed by atoms with Crippen molar-refractivity contribution in [3.8, 4) is 45.9 Å². The van der Waals surface area contributed by atoms with Gasteiger partial charge in [0.05, 0.1) is 42.5 Å². The van der Waals surface area contributed by atoms with Crippen LogP contribution >= 0.6 is 0 Å². The molecule has 0 saturated heterocycles. The molecule has 0 aliphatic carbocycles. The third-order valence-electron chi connectivity index (χ3n) is 9.81. The molecule has 0 saturated carbocycles. The van der Waals surface area contributed by atoms with Crippen molar-refractivity contribution in [3.63, 3.8) is 0 Å². The number of benzene rings is 4. The van der Waals surface area contributed by atoms with Crippen LogP contribution in [0.25, 0.3) is 44.6 Å². The minimum atomic E-state index is -0.710. The molecular formula is C48H46F4N10O2. The van der Waals surface area contributed by atoms with Crippen LogP contribution in [0.2, 0.25) is 0 Å². The maximum absolute atomic E-state index is 14.0. The average molecular weight is 871 g/mol. The highest BCUT2D eigenvalue weighted by molar-refractivity contribution is 5.94. The molecule has 0 spiro atoms. The summed E-state index contributed by atoms with van der Waals surface area (Å²) in [6.07, 6.45) is 1.68. The molecule has 0 radical (unpaired) electrons. The number of aryl methyl sites for hydroxylation is 1. The fraction of sp³-hybridized carbons (Fsp3) is 0.208. The Labute approximate surface area is 366 Å². The van der Waals surface area contributed by atoms with Crippen molar-refractivity contribution >= 4 is 45.1 Å². The normalized spacial score (nSPS) is 11.4. The molecule has 4 aromatic heterocycles. The summed E-state index contributed by atoms with van der Waals surface area (Å²) in [5.41, 5.74) is 17.4. The van der Waals surface area contributed by atoms with Gasteiger partial charge in [0.25, 0.3) is 0 Å². The number of nitrogens with two attached hydrogens (primary N) is 2. The van der Waals surface area contributed by atoms with Crippen LogP contribution in [0.5, 0.6) is 11.5 Å². The number of methoxy groups -OCH3 is 2. The van der Waals surface area contributed by atoms with E-state index >= 15 is 0 Å². The maximum Gasteiger partial charge on any atom is 0.183 e. The van der Waals surface area contributed by atoms with Gasteiger partial charge in [-0.1, -0.05) is 17.9 Å². The van der Waals surface area contributed by atoms with E-state index in [9.17, 15) is 17.6 Å². The number of H-pyrrole nitrogens is 2. The van der Waals surface area contributed by atoms with Crippen molar-refractivity contribution in [1.29, 1.82) is 0 Å². The first-order chi connectivity index (χ1) is 30.5. The molecule has 0 aliphatic heterocycles. The van der Waals surface area contributed by atoms with Crippen LogP contribution in [-0.4, -0.2) is 55.7 Å². The Morgan fingerprint density at radius 2 is 1.12 bits per heavy atom. The number of halogens is 4. The zero-order valence-electron chi connectivity index (χ0n) is 35.9. The minimum absolute atomic E-state index is 0.116. The predicted octanol–water partition coefficient (Wildman–Crippen LogP) is 10.1. The number of nitrogens with one attached hydrogen (secondary N) is 4. The van der Waals surface area contributed by atoms with E-state index in [-0.39, 0.29) is 16.9 Å². The van der Waals surface area contributed by atoms with E-state index in [0.717, 1.165) is 63.7 Å². The van der Waals surface area contributed by atoms with Crippen LogP contribution in [-0.2, 0) is 6.42 Å². The van der Waals surface area contributed by atoms with Crippen molar-refractivity contribution in [1.82, 2.24) is 30.4 Å². The summed E-state index contributed by atoms with van der Waals surface area (Å²) in [5.74, 6) is 5.51. The number of aromatic nitrogens is 6. The summed E-state index contributed by atoms with van der Waals surface area (Å²) in [5, 5.41) is 21.9. The van der Waals surface area contributed by atoms with Crippen molar-refractivity contribution < 1.29 is 27.0 Å². The molecule has 4 aromatic carbocycles. The molecule has 64 heavy (non-hydrogen) atoms. The van der Waals surface area contributed by atoms with Crippen LogP contribution < -0.4 is 31.6 Å². The molecule has 0 aliphatic rings. The number of hydrogen-bond acceptors (Lipinski definition) is 10. The topological polar surface area (TPSA) is 178 Å². The molecule has 8 aromatic rings. The molecule has 4 heterocycles. The second kappa shape index (κ2) is 18.5. The highest BCUT2D eigenvalue weighted by atomic mass is 19.1. The SMILES string of the molecule is COc1ccc(C#CC(C)(C)N)cc1-c1[nH]nc2nc(Nc3ccc(F)cc3F)ccc12.COc1ccc(CCC(C)(C)N)cc1-c1[nH]nc2nc(Nc3ccc(F)cc3F)ccc12. The van der Waals surface area contributed by atoms with E-state index in [4.69, 9.17) is 20.9 Å². The van der Waals surface area contributed by atoms with Crippen LogP contribution in [0.3, 0.4) is 0 Å². The lowest BCUT2D eigenvalue weighted by Gasteiger charge is -2.18. The van der Waals surface area contributed by atoms with Crippen LogP contribution in [0.1, 0.15) is 45.2 Å². The summed E-state index contributed by atoms with van der Waals surface area (Å²) in [6, 6.07) is 25.3. The molecule has 0 atom stereocenters. The van der Waals surface area contributed by atoms with E-state index in [0.29, 0.717) is 40.1 Å². The molecular weight excluding hydrogens is 825 g/mol. The zero-order chi connectivity index (χ0) is 45.8. The fourth-order valence-electron chi connectivity index (χ4n) is 6.59. The van der Waals surface area contributed by atoms with Gasteiger partial charge >= 0.3 is 0 Å². The highest BCUT2D eigenvalue weighted by Crippen LogP contribution is 2.36. The van der Waals surface area contributed by atoms with Crippen LogP contribution in [0.15, 0.2) is 97.1 Å². The van der Waals surface area contributed by atoms with Crippen molar-refractivity contribution in [2.24, 2.45) is 11.5 Å². The summed E-state index contributed by atoms with van der Waals surface area (Å²) in [6.45, 7) is 7.69. The van der Waals surface area contributed by atoms with Gasteiger partial charge in [-0.3, -0.25) is 10.2 Å². The minimum Gasteiger partial charge on any atom is -0.496 e. The molecule has 0 bridgehead atoms. The average Bonchev–Trinajstić information content (AvgIpc) is 3.88. The lowest BCUT2D eigenvalue weighted by atomic mass is 9.95. The summed E-state index contributed by atoms with van der Waals surface area (Å²) < 4.78 is 65.3. The van der Waals surface area contributed by atoms with Gasteiger partial charge in [0.1, 0.15) is 46.4 Å². The van der Waals surface area contributed by atoms with Crippen molar-refractivity contribution in [2.75, 3.05) is 24.9 Å². The molecule has 0 unspecified atom stereocenters. The Kier molecular flexibility index (Phi) is 12.9. The Balaban J connectivity index is 0.000000191. The van der Waals surface area contributed by atoms with Gasteiger partial charge in [-0.15, -0.1) is 0 Å². The molecule has 0 amide bonds. The smallest absolute Gasteiger partial charge is 0.183 e. The Hall–Kier alpha value is -7.48. The molecule has 12 nitrogen and oxygen atoms in total. The van der Waals surface area contributed by atoms with E-state index in [1.165, 1.54) is 24.3 Å². The molecule has 8 N–H and O–H groups in total. The summed E-state index contributed by atoms with van der Waals surface area (Å²) in [7, 11) is 3.21. The van der Waals surface area contributed by atoms with Gasteiger partial charge < -0.3 is 31.6 Å². The van der Waals surface area contributed by atoms with E-state index in [1.54, 1.807) is 26.4 Å². The summed E-state index contributed by atoms with van der Waals surface area (Å²) >= 11 is 0. The number of nitrogens with zero attached hydrogens (tertiary/aromatic N) is 4. The van der Waals surface area contributed by atoms with Crippen LogP contribution in [0.4, 0.5) is 40.6 Å². The Morgan fingerprint density at radius 3 is 1.59 bits per heavy atom. The zero-order valence-corrected chi connectivity index (χ0v) is 35.9. The van der Waals surface area contributed by atoms with Gasteiger partial charge in [0.15, 0.2) is 11.3 Å². The number of hydrogen-bond donors (Lipinski definition) is 6. The number of anilines is 4. The first-order valence-electron chi connectivity index (χ1n) is 20.1. The van der Waals surface area contributed by atoms with Gasteiger partial charge in [0.2, 0.25) is 0 Å². The first-order valence-corrected chi connectivity index (χ1v) is 20.1. The third-order valence-corrected chi connectivity index (χ3v) is 9.81. The Bertz CT molecular complexity index is 3030. The number of pyridine rings is 2. The van der Waals surface area contributed by atoms with E-state index in [2.05, 4.69) is 58.9 Å². The largest absolute Gasteiger partial charge is 0.496 e. The molecule has 328 valence electrons. The van der Waals surface area contributed by atoms with Gasteiger partial charge in [0, 0.05) is 45.1 Å². The quantitative estimate of drug-likeness (QED) is 0.0542. The highest BCUT2D eigenvalue weighted by Gasteiger charge is 2.18.